The van der Waals surface area contributed by atoms with Crippen LogP contribution >= 0.6 is 0 Å². The summed E-state index contributed by atoms with van der Waals surface area (Å²) >= 11 is 0. The van der Waals surface area contributed by atoms with Crippen molar-refractivity contribution in [2.24, 2.45) is 5.73 Å². The minimum Gasteiger partial charge on any atom is -0.383 e. The van der Waals surface area contributed by atoms with Crippen LogP contribution in [0.4, 0.5) is 0 Å². The summed E-state index contributed by atoms with van der Waals surface area (Å²) in [6, 6.07) is 4.76. The van der Waals surface area contributed by atoms with Crippen LogP contribution < -0.4 is 10.5 Å². The van der Waals surface area contributed by atoms with Crippen molar-refractivity contribution in [3.63, 3.8) is 0 Å². The van der Waals surface area contributed by atoms with Crippen LogP contribution in [0.2, 0.25) is 0 Å². The number of ether oxygens (including phenoxy) is 1. The molecule has 0 heterocycles. The van der Waals surface area contributed by atoms with Gasteiger partial charge in [0.2, 0.25) is 10.0 Å². The average Bonchev–Trinajstić information content (AvgIpc) is 2.37. The van der Waals surface area contributed by atoms with E-state index < -0.39 is 10.0 Å². The number of rotatable bonds is 5. The van der Waals surface area contributed by atoms with E-state index in [1.807, 2.05) is 0 Å². The lowest BCUT2D eigenvalue weighted by Gasteiger charge is -2.14. The van der Waals surface area contributed by atoms with E-state index in [-0.39, 0.29) is 17.5 Å². The number of hydrogen-bond acceptors (Lipinski definition) is 4. The van der Waals surface area contributed by atoms with Crippen LogP contribution in [0.5, 0.6) is 0 Å². The Bertz CT molecular complexity index is 615. The van der Waals surface area contributed by atoms with Gasteiger partial charge in [0.05, 0.1) is 18.0 Å². The van der Waals surface area contributed by atoms with E-state index in [0.29, 0.717) is 17.7 Å². The summed E-state index contributed by atoms with van der Waals surface area (Å²) in [6.07, 6.45) is 0. The van der Waals surface area contributed by atoms with Crippen LogP contribution in [0, 0.1) is 18.8 Å². The van der Waals surface area contributed by atoms with Crippen molar-refractivity contribution in [2.75, 3.05) is 20.3 Å². The molecule has 1 aromatic carbocycles. The van der Waals surface area contributed by atoms with Crippen LogP contribution in [0.1, 0.15) is 18.1 Å². The van der Waals surface area contributed by atoms with Crippen molar-refractivity contribution in [1.29, 1.82) is 0 Å². The Balaban J connectivity index is 3.10. The minimum atomic E-state index is -3.59. The van der Waals surface area contributed by atoms with E-state index in [2.05, 4.69) is 16.6 Å². The molecule has 0 aliphatic carbocycles. The van der Waals surface area contributed by atoms with Crippen LogP contribution in [0.3, 0.4) is 0 Å². The first-order valence-corrected chi connectivity index (χ1v) is 7.70. The zero-order chi connectivity index (χ0) is 15.2. The number of hydrogen-bond donors (Lipinski definition) is 2. The van der Waals surface area contributed by atoms with E-state index >= 15 is 0 Å². The molecule has 0 aliphatic heterocycles. The molecule has 3 N–H and O–H groups in total. The van der Waals surface area contributed by atoms with E-state index in [9.17, 15) is 8.42 Å². The first-order chi connectivity index (χ1) is 9.40. The van der Waals surface area contributed by atoms with E-state index in [1.54, 1.807) is 32.0 Å². The Morgan fingerprint density at radius 2 is 2.15 bits per heavy atom. The molecule has 0 saturated heterocycles. The average molecular weight is 296 g/mol. The molecule has 1 atom stereocenters. The van der Waals surface area contributed by atoms with Crippen LogP contribution in [-0.4, -0.2) is 34.7 Å². The molecule has 0 spiro atoms. The van der Waals surface area contributed by atoms with Crippen molar-refractivity contribution in [3.8, 4) is 11.8 Å². The van der Waals surface area contributed by atoms with Gasteiger partial charge < -0.3 is 10.5 Å². The summed E-state index contributed by atoms with van der Waals surface area (Å²) < 4.78 is 32.2. The van der Waals surface area contributed by atoms with Crippen molar-refractivity contribution in [3.05, 3.63) is 29.3 Å². The Morgan fingerprint density at radius 1 is 1.45 bits per heavy atom. The smallest absolute Gasteiger partial charge is 0.241 e. The predicted octanol–water partition coefficient (Wildman–Crippen LogP) is 0.618. The Hall–Kier alpha value is -1.39. The molecular weight excluding hydrogens is 276 g/mol. The zero-order valence-corrected chi connectivity index (χ0v) is 12.8. The minimum absolute atomic E-state index is 0.226. The Labute approximate surface area is 120 Å². The number of aryl methyl sites for hydroxylation is 1. The molecule has 1 unspecified atom stereocenters. The van der Waals surface area contributed by atoms with Gasteiger partial charge in [-0.1, -0.05) is 17.9 Å². The highest BCUT2D eigenvalue weighted by atomic mass is 32.2. The molecule has 1 aromatic rings. The van der Waals surface area contributed by atoms with Gasteiger partial charge in [0.1, 0.15) is 0 Å². The summed E-state index contributed by atoms with van der Waals surface area (Å²) in [5.41, 5.74) is 6.60. The summed E-state index contributed by atoms with van der Waals surface area (Å²) in [7, 11) is -2.06. The topological polar surface area (TPSA) is 81.4 Å². The summed E-state index contributed by atoms with van der Waals surface area (Å²) in [6.45, 7) is 4.04. The van der Waals surface area contributed by atoms with Gasteiger partial charge >= 0.3 is 0 Å². The van der Waals surface area contributed by atoms with Crippen molar-refractivity contribution < 1.29 is 13.2 Å². The van der Waals surface area contributed by atoms with Gasteiger partial charge in [-0.2, -0.15) is 0 Å². The quantitative estimate of drug-likeness (QED) is 0.780. The monoisotopic (exact) mass is 296 g/mol. The third-order valence-electron chi connectivity index (χ3n) is 2.59. The number of methoxy groups -OCH3 is 1. The van der Waals surface area contributed by atoms with Gasteiger partial charge in [0.25, 0.3) is 0 Å². The Kier molecular flexibility index (Phi) is 6.17. The molecule has 0 fully saturated rings. The second-order valence-electron chi connectivity index (χ2n) is 4.46. The summed E-state index contributed by atoms with van der Waals surface area (Å²) in [5.74, 6) is 5.54. The molecule has 0 radical (unpaired) electrons. The zero-order valence-electron chi connectivity index (χ0n) is 11.9. The maximum absolute atomic E-state index is 12.3. The highest BCUT2D eigenvalue weighted by Gasteiger charge is 2.19. The maximum atomic E-state index is 12.3. The van der Waals surface area contributed by atoms with Gasteiger partial charge in [-0.3, -0.25) is 0 Å². The van der Waals surface area contributed by atoms with Gasteiger partial charge in [0, 0.05) is 18.7 Å². The van der Waals surface area contributed by atoms with Gasteiger partial charge in [-0.15, -0.1) is 0 Å². The molecule has 20 heavy (non-hydrogen) atoms. The molecule has 0 saturated carbocycles. The fourth-order valence-corrected chi connectivity index (χ4v) is 3.23. The third-order valence-corrected chi connectivity index (χ3v) is 4.32. The molecule has 6 heteroatoms. The molecule has 0 bridgehead atoms. The molecule has 110 valence electrons. The number of nitrogens with two attached hydrogens (primary N) is 1. The lowest BCUT2D eigenvalue weighted by Crippen LogP contribution is -2.35. The predicted molar refractivity (Wildman–Crippen MR) is 78.8 cm³/mol. The van der Waals surface area contributed by atoms with Crippen molar-refractivity contribution in [1.82, 2.24) is 4.72 Å². The summed E-state index contributed by atoms with van der Waals surface area (Å²) in [4.78, 5) is 0.226. The number of sulfonamides is 1. The van der Waals surface area contributed by atoms with Crippen molar-refractivity contribution >= 4 is 10.0 Å². The van der Waals surface area contributed by atoms with Crippen LogP contribution in [0.25, 0.3) is 0 Å². The first kappa shape index (κ1) is 16.7. The fraction of sp³-hybridized carbons (Fsp3) is 0.429. The first-order valence-electron chi connectivity index (χ1n) is 6.21. The molecule has 5 nitrogen and oxygen atoms in total. The third kappa shape index (κ3) is 4.62. The SMILES string of the molecule is COCC(C)NS(=O)(=O)c1cc(C#CCN)ccc1C. The van der Waals surface area contributed by atoms with E-state index in [4.69, 9.17) is 10.5 Å². The van der Waals surface area contributed by atoms with Crippen molar-refractivity contribution in [2.45, 2.75) is 24.8 Å². The summed E-state index contributed by atoms with van der Waals surface area (Å²) in [5, 5.41) is 0. The lowest BCUT2D eigenvalue weighted by molar-refractivity contribution is 0.180. The Morgan fingerprint density at radius 3 is 2.75 bits per heavy atom. The van der Waals surface area contributed by atoms with Crippen LogP contribution in [-0.2, 0) is 14.8 Å². The fourth-order valence-electron chi connectivity index (χ4n) is 1.73. The van der Waals surface area contributed by atoms with E-state index in [0.717, 1.165) is 0 Å². The van der Waals surface area contributed by atoms with Crippen LogP contribution in [0.15, 0.2) is 23.1 Å². The highest BCUT2D eigenvalue weighted by Crippen LogP contribution is 2.17. The van der Waals surface area contributed by atoms with Gasteiger partial charge in [-0.05, 0) is 31.5 Å². The second-order valence-corrected chi connectivity index (χ2v) is 6.15. The number of nitrogens with one attached hydrogen (secondary N) is 1. The maximum Gasteiger partial charge on any atom is 0.241 e. The number of benzene rings is 1. The molecule has 0 aliphatic rings. The highest BCUT2D eigenvalue weighted by molar-refractivity contribution is 7.89. The normalized spacial score (nSPS) is 12.6. The lowest BCUT2D eigenvalue weighted by atomic mass is 10.1. The van der Waals surface area contributed by atoms with Gasteiger partial charge in [0.15, 0.2) is 0 Å². The molecule has 1 rings (SSSR count). The van der Waals surface area contributed by atoms with Gasteiger partial charge in [-0.25, -0.2) is 13.1 Å². The largest absolute Gasteiger partial charge is 0.383 e. The molecular formula is C14H20N2O3S. The molecule has 0 aromatic heterocycles. The second kappa shape index (κ2) is 7.41. The standard InChI is InChI=1S/C14H20N2O3S/c1-11-6-7-13(5-4-8-15)9-14(11)20(17,18)16-12(2)10-19-3/h6-7,9,12,16H,8,10,15H2,1-3H3. The van der Waals surface area contributed by atoms with E-state index in [1.165, 1.54) is 7.11 Å². The molecule has 0 amide bonds.